The predicted molar refractivity (Wildman–Crippen MR) is 71.7 cm³/mol. The van der Waals surface area contributed by atoms with Gasteiger partial charge in [0.15, 0.2) is 0 Å². The lowest BCUT2D eigenvalue weighted by Crippen LogP contribution is -2.38. The van der Waals surface area contributed by atoms with Crippen LogP contribution in [0.4, 0.5) is 0 Å². The van der Waals surface area contributed by atoms with E-state index in [2.05, 4.69) is 17.2 Å². The largest absolute Gasteiger partial charge is 0.481 e. The average Bonchev–Trinajstić information content (AvgIpc) is 2.90. The minimum absolute atomic E-state index is 0.176. The zero-order valence-electron chi connectivity index (χ0n) is 10.6. The van der Waals surface area contributed by atoms with Crippen molar-refractivity contribution in [3.05, 3.63) is 16.6 Å². The van der Waals surface area contributed by atoms with Crippen molar-refractivity contribution in [3.8, 4) is 0 Å². The van der Waals surface area contributed by atoms with Crippen LogP contribution in [0.1, 0.15) is 50.1 Å². The van der Waals surface area contributed by atoms with Gasteiger partial charge in [0.05, 0.1) is 12.0 Å². The topological polar surface area (TPSA) is 62.2 Å². The van der Waals surface area contributed by atoms with Gasteiger partial charge in [0.1, 0.15) is 5.01 Å². The summed E-state index contributed by atoms with van der Waals surface area (Å²) in [6, 6.07) is 0.580. The first-order valence-corrected chi connectivity index (χ1v) is 7.47. The molecule has 0 aliphatic heterocycles. The number of thiazole rings is 1. The summed E-state index contributed by atoms with van der Waals surface area (Å²) >= 11 is 1.66. The summed E-state index contributed by atoms with van der Waals surface area (Å²) in [5, 5.41) is 15.8. The lowest BCUT2D eigenvalue weighted by molar-refractivity contribution is -0.143. The first kappa shape index (κ1) is 13.5. The number of nitrogens with one attached hydrogen (secondary N) is 1. The van der Waals surface area contributed by atoms with Gasteiger partial charge in [-0.25, -0.2) is 4.98 Å². The van der Waals surface area contributed by atoms with Crippen molar-refractivity contribution in [1.29, 1.82) is 0 Å². The van der Waals surface area contributed by atoms with E-state index in [4.69, 9.17) is 5.11 Å². The van der Waals surface area contributed by atoms with Crippen LogP contribution >= 0.6 is 11.3 Å². The number of hydrogen-bond acceptors (Lipinski definition) is 4. The van der Waals surface area contributed by atoms with E-state index in [-0.39, 0.29) is 12.0 Å². The van der Waals surface area contributed by atoms with Crippen molar-refractivity contribution >= 4 is 17.3 Å². The third-order valence-electron chi connectivity index (χ3n) is 3.62. The molecule has 2 N–H and O–H groups in total. The Kier molecular flexibility index (Phi) is 4.72. The van der Waals surface area contributed by atoms with Crippen molar-refractivity contribution in [2.45, 2.75) is 51.1 Å². The van der Waals surface area contributed by atoms with E-state index >= 15 is 0 Å². The van der Waals surface area contributed by atoms with Crippen LogP contribution in [0.5, 0.6) is 0 Å². The van der Waals surface area contributed by atoms with Gasteiger partial charge >= 0.3 is 5.97 Å². The summed E-state index contributed by atoms with van der Waals surface area (Å²) in [6.07, 6.45) is 6.46. The number of carboxylic acid groups (broad SMARTS) is 1. The molecule has 3 unspecified atom stereocenters. The normalized spacial score (nSPS) is 25.8. The number of aromatic nitrogens is 1. The molecule has 0 amide bonds. The Hall–Kier alpha value is -0.940. The molecule has 18 heavy (non-hydrogen) atoms. The molecule has 1 heterocycles. The average molecular weight is 268 g/mol. The molecule has 1 aliphatic carbocycles. The van der Waals surface area contributed by atoms with E-state index in [9.17, 15) is 4.79 Å². The Morgan fingerprint density at radius 2 is 2.50 bits per heavy atom. The molecule has 1 aromatic heterocycles. The third kappa shape index (κ3) is 3.29. The van der Waals surface area contributed by atoms with E-state index in [1.807, 2.05) is 11.6 Å². The van der Waals surface area contributed by atoms with Gasteiger partial charge in [-0.15, -0.1) is 11.3 Å². The van der Waals surface area contributed by atoms with Crippen LogP contribution in [0.25, 0.3) is 0 Å². The van der Waals surface area contributed by atoms with Gasteiger partial charge in [0, 0.05) is 17.6 Å². The van der Waals surface area contributed by atoms with Crippen LogP contribution in [0.15, 0.2) is 11.6 Å². The molecule has 0 spiro atoms. The van der Waals surface area contributed by atoms with Crippen LogP contribution in [0.2, 0.25) is 0 Å². The highest BCUT2D eigenvalue weighted by molar-refractivity contribution is 7.09. The van der Waals surface area contributed by atoms with E-state index in [0.29, 0.717) is 6.04 Å². The van der Waals surface area contributed by atoms with Gasteiger partial charge in [-0.1, -0.05) is 13.3 Å². The zero-order valence-corrected chi connectivity index (χ0v) is 11.4. The SMILES string of the molecule is CCC(NC1CCCC(C(=O)O)C1)c1nccs1. The standard InChI is InChI=1S/C13H20N2O2S/c1-2-11(12-14-6-7-18-12)15-10-5-3-4-9(8-10)13(16)17/h6-7,9-11,15H,2-5,8H2,1H3,(H,16,17). The fourth-order valence-electron chi connectivity index (χ4n) is 2.62. The predicted octanol–water partition coefficient (Wildman–Crippen LogP) is 2.83. The zero-order chi connectivity index (χ0) is 13.0. The van der Waals surface area contributed by atoms with Crippen molar-refractivity contribution in [3.63, 3.8) is 0 Å². The second kappa shape index (κ2) is 6.29. The van der Waals surface area contributed by atoms with Gasteiger partial charge in [0.2, 0.25) is 0 Å². The summed E-state index contributed by atoms with van der Waals surface area (Å²) in [7, 11) is 0. The van der Waals surface area contributed by atoms with Crippen LogP contribution in [0.3, 0.4) is 0 Å². The lowest BCUT2D eigenvalue weighted by Gasteiger charge is -2.30. The maximum Gasteiger partial charge on any atom is 0.306 e. The maximum absolute atomic E-state index is 11.0. The van der Waals surface area contributed by atoms with Gasteiger partial charge in [-0.05, 0) is 25.7 Å². The number of carboxylic acids is 1. The first-order valence-electron chi connectivity index (χ1n) is 6.59. The second-order valence-corrected chi connectivity index (χ2v) is 5.82. The summed E-state index contributed by atoms with van der Waals surface area (Å²) in [6.45, 7) is 2.14. The molecule has 100 valence electrons. The number of nitrogens with zero attached hydrogens (tertiary/aromatic N) is 1. The Labute approximate surface area is 111 Å². The highest BCUT2D eigenvalue weighted by atomic mass is 32.1. The van der Waals surface area contributed by atoms with Crippen molar-refractivity contribution in [1.82, 2.24) is 10.3 Å². The molecule has 0 saturated heterocycles. The van der Waals surface area contributed by atoms with Crippen LogP contribution in [-0.2, 0) is 4.79 Å². The Morgan fingerprint density at radius 1 is 1.67 bits per heavy atom. The number of rotatable bonds is 5. The molecule has 4 nitrogen and oxygen atoms in total. The highest BCUT2D eigenvalue weighted by Crippen LogP contribution is 2.28. The summed E-state index contributed by atoms with van der Waals surface area (Å²) in [5.74, 6) is -0.825. The molecule has 5 heteroatoms. The Morgan fingerprint density at radius 3 is 3.11 bits per heavy atom. The number of aliphatic carboxylic acids is 1. The minimum atomic E-state index is -0.649. The first-order chi connectivity index (χ1) is 8.70. The molecular weight excluding hydrogens is 248 g/mol. The smallest absolute Gasteiger partial charge is 0.306 e. The molecule has 0 aromatic carbocycles. The number of carbonyl (C=O) groups is 1. The summed E-state index contributed by atoms with van der Waals surface area (Å²) < 4.78 is 0. The van der Waals surface area contributed by atoms with Crippen LogP contribution in [0, 0.1) is 5.92 Å². The molecule has 1 saturated carbocycles. The van der Waals surface area contributed by atoms with Gasteiger partial charge < -0.3 is 10.4 Å². The quantitative estimate of drug-likeness (QED) is 0.862. The van der Waals surface area contributed by atoms with Crippen molar-refractivity contribution < 1.29 is 9.90 Å². The molecule has 3 atom stereocenters. The molecule has 1 aromatic rings. The molecule has 1 aliphatic rings. The molecule has 0 radical (unpaired) electrons. The van der Waals surface area contributed by atoms with E-state index < -0.39 is 5.97 Å². The van der Waals surface area contributed by atoms with Crippen LogP contribution in [-0.4, -0.2) is 22.1 Å². The van der Waals surface area contributed by atoms with Gasteiger partial charge in [-0.3, -0.25) is 4.79 Å². The Balaban J connectivity index is 1.93. The lowest BCUT2D eigenvalue weighted by atomic mass is 9.85. The Bertz CT molecular complexity index is 380. The second-order valence-electron chi connectivity index (χ2n) is 4.90. The monoisotopic (exact) mass is 268 g/mol. The van der Waals surface area contributed by atoms with E-state index in [0.717, 1.165) is 37.1 Å². The fraction of sp³-hybridized carbons (Fsp3) is 0.692. The molecular formula is C13H20N2O2S. The van der Waals surface area contributed by atoms with Gasteiger partial charge in [0.25, 0.3) is 0 Å². The third-order valence-corrected chi connectivity index (χ3v) is 4.51. The minimum Gasteiger partial charge on any atom is -0.481 e. The van der Waals surface area contributed by atoms with Gasteiger partial charge in [-0.2, -0.15) is 0 Å². The molecule has 1 fully saturated rings. The van der Waals surface area contributed by atoms with Crippen molar-refractivity contribution in [2.75, 3.05) is 0 Å². The highest BCUT2D eigenvalue weighted by Gasteiger charge is 2.28. The maximum atomic E-state index is 11.0. The summed E-state index contributed by atoms with van der Waals surface area (Å²) in [4.78, 5) is 15.4. The van der Waals surface area contributed by atoms with E-state index in [1.165, 1.54) is 0 Å². The fourth-order valence-corrected chi connectivity index (χ4v) is 3.40. The number of hydrogen-bond donors (Lipinski definition) is 2. The van der Waals surface area contributed by atoms with E-state index in [1.54, 1.807) is 11.3 Å². The van der Waals surface area contributed by atoms with Crippen molar-refractivity contribution in [2.24, 2.45) is 5.92 Å². The summed E-state index contributed by atoms with van der Waals surface area (Å²) in [5.41, 5.74) is 0. The molecule has 0 bridgehead atoms. The van der Waals surface area contributed by atoms with Crippen LogP contribution < -0.4 is 5.32 Å². The molecule has 2 rings (SSSR count).